The molecule has 3 heteroatoms. The van der Waals surface area contributed by atoms with E-state index in [9.17, 15) is 8.42 Å². The lowest BCUT2D eigenvalue weighted by molar-refractivity contribution is 0.227. The Balaban J connectivity index is 2.70. The minimum absolute atomic E-state index is 0.198. The maximum Gasteiger partial charge on any atom is 0.150 e. The summed E-state index contributed by atoms with van der Waals surface area (Å²) in [6.45, 7) is 6.46. The van der Waals surface area contributed by atoms with E-state index in [0.29, 0.717) is 17.4 Å². The molecule has 0 N–H and O–H groups in total. The Morgan fingerprint density at radius 1 is 1.42 bits per heavy atom. The number of sulfone groups is 1. The number of hydrogen-bond acceptors (Lipinski definition) is 2. The molecular formula is C9H18O2S. The van der Waals surface area contributed by atoms with Crippen molar-refractivity contribution < 1.29 is 8.42 Å². The second-order valence-electron chi connectivity index (χ2n) is 4.44. The topological polar surface area (TPSA) is 34.1 Å². The van der Waals surface area contributed by atoms with Crippen molar-refractivity contribution in [3.63, 3.8) is 0 Å². The molecule has 1 rings (SSSR count). The maximum absolute atomic E-state index is 11.2. The smallest absolute Gasteiger partial charge is 0.150 e. The van der Waals surface area contributed by atoms with E-state index < -0.39 is 9.84 Å². The molecule has 1 atom stereocenters. The van der Waals surface area contributed by atoms with E-state index in [1.54, 1.807) is 0 Å². The van der Waals surface area contributed by atoms with Crippen molar-refractivity contribution in [2.75, 3.05) is 11.5 Å². The van der Waals surface area contributed by atoms with Gasteiger partial charge in [-0.15, -0.1) is 0 Å². The van der Waals surface area contributed by atoms with Crippen LogP contribution in [0.15, 0.2) is 0 Å². The summed E-state index contributed by atoms with van der Waals surface area (Å²) in [7, 11) is -2.69. The molecule has 0 saturated carbocycles. The summed E-state index contributed by atoms with van der Waals surface area (Å²) in [5.74, 6) is 1.20. The first-order chi connectivity index (χ1) is 5.37. The Labute approximate surface area is 75.3 Å². The first kappa shape index (κ1) is 10.0. The normalized spacial score (nSPS) is 29.1. The highest BCUT2D eigenvalue weighted by Gasteiger charge is 2.37. The summed E-state index contributed by atoms with van der Waals surface area (Å²) in [6.07, 6.45) is 1.93. The Hall–Kier alpha value is -0.0500. The Morgan fingerprint density at radius 2 is 2.00 bits per heavy atom. The van der Waals surface area contributed by atoms with Gasteiger partial charge in [-0.25, -0.2) is 8.42 Å². The molecule has 1 aliphatic heterocycles. The SMILES string of the molecule is CCC(C)(C)C1CCS(=O)(=O)C1. The van der Waals surface area contributed by atoms with E-state index in [-0.39, 0.29) is 5.41 Å². The van der Waals surface area contributed by atoms with Crippen LogP contribution in [0.3, 0.4) is 0 Å². The van der Waals surface area contributed by atoms with Crippen LogP contribution in [0.4, 0.5) is 0 Å². The summed E-state index contributed by atoms with van der Waals surface area (Å²) >= 11 is 0. The third-order valence-electron chi connectivity index (χ3n) is 3.25. The highest BCUT2D eigenvalue weighted by Crippen LogP contribution is 2.37. The summed E-state index contributed by atoms with van der Waals surface area (Å²) in [6, 6.07) is 0. The molecule has 1 aliphatic rings. The molecule has 1 unspecified atom stereocenters. The van der Waals surface area contributed by atoms with Crippen molar-refractivity contribution in [2.24, 2.45) is 11.3 Å². The van der Waals surface area contributed by atoms with Crippen LogP contribution >= 0.6 is 0 Å². The van der Waals surface area contributed by atoms with Crippen LogP contribution in [-0.4, -0.2) is 19.9 Å². The predicted molar refractivity (Wildman–Crippen MR) is 50.8 cm³/mol. The van der Waals surface area contributed by atoms with Gasteiger partial charge >= 0.3 is 0 Å². The minimum atomic E-state index is -2.69. The van der Waals surface area contributed by atoms with Crippen LogP contribution in [0.1, 0.15) is 33.6 Å². The van der Waals surface area contributed by atoms with E-state index in [0.717, 1.165) is 12.8 Å². The van der Waals surface area contributed by atoms with Crippen LogP contribution in [0.5, 0.6) is 0 Å². The first-order valence-corrected chi connectivity index (χ1v) is 6.40. The fraction of sp³-hybridized carbons (Fsp3) is 1.00. The zero-order chi connectivity index (χ0) is 9.41. The maximum atomic E-state index is 11.2. The van der Waals surface area contributed by atoms with E-state index >= 15 is 0 Å². The summed E-state index contributed by atoms with van der Waals surface area (Å²) in [5, 5.41) is 0. The molecule has 0 aromatic rings. The van der Waals surface area contributed by atoms with Crippen molar-refractivity contribution in [1.29, 1.82) is 0 Å². The van der Waals surface area contributed by atoms with Gasteiger partial charge in [0.15, 0.2) is 9.84 Å². The van der Waals surface area contributed by atoms with Crippen molar-refractivity contribution in [2.45, 2.75) is 33.6 Å². The zero-order valence-corrected chi connectivity index (χ0v) is 8.95. The van der Waals surface area contributed by atoms with Crippen LogP contribution in [-0.2, 0) is 9.84 Å². The molecule has 0 radical (unpaired) electrons. The Morgan fingerprint density at radius 3 is 2.33 bits per heavy atom. The molecule has 1 saturated heterocycles. The van der Waals surface area contributed by atoms with E-state index in [1.807, 2.05) is 0 Å². The van der Waals surface area contributed by atoms with E-state index in [1.165, 1.54) is 0 Å². The van der Waals surface area contributed by atoms with Gasteiger partial charge in [0.25, 0.3) is 0 Å². The van der Waals surface area contributed by atoms with Crippen molar-refractivity contribution in [3.05, 3.63) is 0 Å². The number of rotatable bonds is 2. The molecule has 2 nitrogen and oxygen atoms in total. The average Bonchev–Trinajstić information content (AvgIpc) is 2.31. The quantitative estimate of drug-likeness (QED) is 0.666. The minimum Gasteiger partial charge on any atom is -0.229 e. The number of hydrogen-bond donors (Lipinski definition) is 0. The van der Waals surface area contributed by atoms with Crippen molar-refractivity contribution >= 4 is 9.84 Å². The van der Waals surface area contributed by atoms with E-state index in [2.05, 4.69) is 20.8 Å². The fourth-order valence-electron chi connectivity index (χ4n) is 1.70. The lowest BCUT2D eigenvalue weighted by atomic mass is 9.76. The lowest BCUT2D eigenvalue weighted by Gasteiger charge is -2.29. The van der Waals surface area contributed by atoms with Crippen LogP contribution in [0.2, 0.25) is 0 Å². The lowest BCUT2D eigenvalue weighted by Crippen LogP contribution is -2.24. The van der Waals surface area contributed by atoms with Gasteiger partial charge in [-0.3, -0.25) is 0 Å². The molecule has 0 amide bonds. The fourth-order valence-corrected chi connectivity index (χ4v) is 3.74. The Kier molecular flexibility index (Phi) is 2.52. The van der Waals surface area contributed by atoms with Gasteiger partial charge in [0, 0.05) is 0 Å². The predicted octanol–water partition coefficient (Wildman–Crippen LogP) is 1.86. The molecule has 0 spiro atoms. The molecular weight excluding hydrogens is 172 g/mol. The second kappa shape index (κ2) is 3.02. The molecule has 0 aromatic heterocycles. The van der Waals surface area contributed by atoms with Gasteiger partial charge in [-0.05, 0) is 17.8 Å². The van der Waals surface area contributed by atoms with E-state index in [4.69, 9.17) is 0 Å². The van der Waals surface area contributed by atoms with Gasteiger partial charge in [-0.2, -0.15) is 0 Å². The van der Waals surface area contributed by atoms with Crippen LogP contribution in [0, 0.1) is 11.3 Å². The molecule has 1 heterocycles. The molecule has 1 fully saturated rings. The molecule has 0 bridgehead atoms. The molecule has 0 aliphatic carbocycles. The van der Waals surface area contributed by atoms with Gasteiger partial charge in [0.1, 0.15) is 0 Å². The summed E-state index contributed by atoms with van der Waals surface area (Å²) in [4.78, 5) is 0. The average molecular weight is 190 g/mol. The first-order valence-electron chi connectivity index (χ1n) is 4.58. The van der Waals surface area contributed by atoms with Gasteiger partial charge in [0.05, 0.1) is 11.5 Å². The molecule has 12 heavy (non-hydrogen) atoms. The third kappa shape index (κ3) is 2.00. The van der Waals surface area contributed by atoms with Crippen molar-refractivity contribution in [1.82, 2.24) is 0 Å². The summed E-state index contributed by atoms with van der Waals surface area (Å²) in [5.41, 5.74) is 0.198. The second-order valence-corrected chi connectivity index (χ2v) is 6.67. The van der Waals surface area contributed by atoms with Gasteiger partial charge in [-0.1, -0.05) is 27.2 Å². The third-order valence-corrected chi connectivity index (χ3v) is 5.02. The molecule has 72 valence electrons. The monoisotopic (exact) mass is 190 g/mol. The zero-order valence-electron chi connectivity index (χ0n) is 8.13. The van der Waals surface area contributed by atoms with Gasteiger partial charge in [0.2, 0.25) is 0 Å². The standard InChI is InChI=1S/C9H18O2S/c1-4-9(2,3)8-5-6-12(10,11)7-8/h8H,4-7H2,1-3H3. The van der Waals surface area contributed by atoms with Crippen LogP contribution < -0.4 is 0 Å². The highest BCUT2D eigenvalue weighted by molar-refractivity contribution is 7.91. The molecule has 0 aromatic carbocycles. The van der Waals surface area contributed by atoms with Crippen molar-refractivity contribution in [3.8, 4) is 0 Å². The Bertz CT molecular complexity index is 252. The van der Waals surface area contributed by atoms with Crippen LogP contribution in [0.25, 0.3) is 0 Å². The summed E-state index contributed by atoms with van der Waals surface area (Å²) < 4.78 is 22.4. The highest BCUT2D eigenvalue weighted by atomic mass is 32.2. The largest absolute Gasteiger partial charge is 0.229 e. The van der Waals surface area contributed by atoms with Gasteiger partial charge < -0.3 is 0 Å².